The van der Waals surface area contributed by atoms with E-state index in [4.69, 9.17) is 5.73 Å². The molecular weight excluding hydrogens is 238 g/mol. The summed E-state index contributed by atoms with van der Waals surface area (Å²) in [5.41, 5.74) is 5.89. The van der Waals surface area contributed by atoms with Crippen molar-refractivity contribution in [1.29, 1.82) is 0 Å². The Balaban J connectivity index is 2.52. The van der Waals surface area contributed by atoms with E-state index in [2.05, 4.69) is 25.8 Å². The summed E-state index contributed by atoms with van der Waals surface area (Å²) in [5, 5.41) is 0. The van der Waals surface area contributed by atoms with E-state index in [0.717, 1.165) is 38.8 Å². The Hall–Kier alpha value is -0.610. The zero-order valence-electron chi connectivity index (χ0n) is 12.9. The number of amides is 1. The van der Waals surface area contributed by atoms with E-state index in [1.54, 1.807) is 0 Å². The van der Waals surface area contributed by atoms with Crippen LogP contribution in [0.3, 0.4) is 0 Å². The molecule has 2 N–H and O–H groups in total. The van der Waals surface area contributed by atoms with Crippen LogP contribution in [-0.2, 0) is 4.79 Å². The normalized spacial score (nSPS) is 18.1. The van der Waals surface area contributed by atoms with Crippen molar-refractivity contribution in [1.82, 2.24) is 9.80 Å². The first-order chi connectivity index (χ1) is 9.13. The first kappa shape index (κ1) is 16.4. The van der Waals surface area contributed by atoms with Crippen LogP contribution in [0.2, 0.25) is 0 Å². The van der Waals surface area contributed by atoms with Gasteiger partial charge in [0.05, 0.1) is 0 Å². The zero-order valence-corrected chi connectivity index (χ0v) is 12.9. The summed E-state index contributed by atoms with van der Waals surface area (Å²) >= 11 is 0. The van der Waals surface area contributed by atoms with Gasteiger partial charge in [-0.05, 0) is 39.2 Å². The number of likely N-dealkylation sites (tertiary alicyclic amines) is 1. The molecule has 0 aromatic rings. The van der Waals surface area contributed by atoms with Gasteiger partial charge in [-0.2, -0.15) is 0 Å². The number of nitrogens with two attached hydrogens (primary N) is 1. The molecule has 4 heteroatoms. The van der Waals surface area contributed by atoms with Gasteiger partial charge in [-0.15, -0.1) is 0 Å². The Kier molecular flexibility index (Phi) is 7.39. The van der Waals surface area contributed by atoms with Crippen molar-refractivity contribution < 1.29 is 4.79 Å². The monoisotopic (exact) mass is 269 g/mol. The third-order valence-corrected chi connectivity index (χ3v) is 4.49. The van der Waals surface area contributed by atoms with Crippen LogP contribution in [0.25, 0.3) is 0 Å². The van der Waals surface area contributed by atoms with Gasteiger partial charge in [-0.25, -0.2) is 0 Å². The van der Waals surface area contributed by atoms with Crippen molar-refractivity contribution in [3.63, 3.8) is 0 Å². The lowest BCUT2D eigenvalue weighted by molar-refractivity contribution is -0.133. The fourth-order valence-corrected chi connectivity index (χ4v) is 3.03. The zero-order chi connectivity index (χ0) is 14.3. The second kappa shape index (κ2) is 8.54. The molecule has 19 heavy (non-hydrogen) atoms. The molecule has 0 aromatic carbocycles. The van der Waals surface area contributed by atoms with Crippen LogP contribution in [0.1, 0.15) is 52.4 Å². The van der Waals surface area contributed by atoms with Crippen molar-refractivity contribution >= 4 is 5.91 Å². The molecule has 0 spiro atoms. The predicted octanol–water partition coefficient (Wildman–Crippen LogP) is 1.84. The number of nitrogens with zero attached hydrogens (tertiary/aromatic N) is 2. The van der Waals surface area contributed by atoms with Gasteiger partial charge < -0.3 is 10.6 Å². The quantitative estimate of drug-likeness (QED) is 0.767. The molecule has 1 saturated heterocycles. The summed E-state index contributed by atoms with van der Waals surface area (Å²) in [6.45, 7) is 6.83. The molecule has 1 fully saturated rings. The largest absolute Gasteiger partial charge is 0.343 e. The molecular formula is C15H31N3O. The molecule has 0 aliphatic carbocycles. The maximum absolute atomic E-state index is 12.3. The molecule has 0 saturated carbocycles. The number of rotatable bonds is 7. The minimum atomic E-state index is 0.180. The minimum Gasteiger partial charge on any atom is -0.343 e. The molecule has 1 unspecified atom stereocenters. The van der Waals surface area contributed by atoms with Gasteiger partial charge >= 0.3 is 0 Å². The second-order valence-electron chi connectivity index (χ2n) is 5.67. The van der Waals surface area contributed by atoms with Gasteiger partial charge in [-0.1, -0.05) is 13.8 Å². The van der Waals surface area contributed by atoms with Crippen molar-refractivity contribution in [2.24, 2.45) is 5.73 Å². The summed E-state index contributed by atoms with van der Waals surface area (Å²) in [7, 11) is 2.11. The molecule has 1 atom stereocenters. The van der Waals surface area contributed by atoms with Crippen molar-refractivity contribution in [2.75, 3.05) is 26.7 Å². The number of carbonyl (C=O) groups is 1. The first-order valence-corrected chi connectivity index (χ1v) is 7.83. The molecule has 4 nitrogen and oxygen atoms in total. The fourth-order valence-electron chi connectivity index (χ4n) is 3.03. The summed E-state index contributed by atoms with van der Waals surface area (Å²) in [5.74, 6) is 0.285. The molecule has 1 amide bonds. The average Bonchev–Trinajstić information content (AvgIpc) is 2.46. The number of hydrogen-bond donors (Lipinski definition) is 1. The summed E-state index contributed by atoms with van der Waals surface area (Å²) in [6.07, 6.45) is 6.37. The van der Waals surface area contributed by atoms with Crippen molar-refractivity contribution in [3.05, 3.63) is 0 Å². The van der Waals surface area contributed by atoms with Crippen LogP contribution < -0.4 is 5.73 Å². The third kappa shape index (κ3) is 4.77. The minimum absolute atomic E-state index is 0.180. The number of piperidine rings is 1. The van der Waals surface area contributed by atoms with Gasteiger partial charge in [0.1, 0.15) is 0 Å². The van der Waals surface area contributed by atoms with Crippen LogP contribution in [0.4, 0.5) is 0 Å². The number of hydrogen-bond acceptors (Lipinski definition) is 3. The first-order valence-electron chi connectivity index (χ1n) is 7.83. The van der Waals surface area contributed by atoms with Crippen LogP contribution >= 0.6 is 0 Å². The molecule has 1 heterocycles. The van der Waals surface area contributed by atoms with E-state index in [0.29, 0.717) is 19.0 Å². The Morgan fingerprint density at radius 2 is 1.74 bits per heavy atom. The van der Waals surface area contributed by atoms with Crippen LogP contribution in [0.5, 0.6) is 0 Å². The van der Waals surface area contributed by atoms with Crippen LogP contribution in [0, 0.1) is 0 Å². The van der Waals surface area contributed by atoms with Crippen molar-refractivity contribution in [3.8, 4) is 0 Å². The van der Waals surface area contributed by atoms with Gasteiger partial charge in [-0.3, -0.25) is 9.69 Å². The highest BCUT2D eigenvalue weighted by Gasteiger charge is 2.25. The second-order valence-corrected chi connectivity index (χ2v) is 5.67. The molecule has 1 aliphatic rings. The molecule has 1 rings (SSSR count). The van der Waals surface area contributed by atoms with E-state index >= 15 is 0 Å². The summed E-state index contributed by atoms with van der Waals surface area (Å²) in [4.78, 5) is 16.6. The van der Waals surface area contributed by atoms with E-state index in [1.165, 1.54) is 6.42 Å². The van der Waals surface area contributed by atoms with E-state index in [-0.39, 0.29) is 11.9 Å². The highest BCUT2D eigenvalue weighted by Crippen LogP contribution is 2.15. The molecule has 1 aliphatic heterocycles. The molecule has 112 valence electrons. The average molecular weight is 269 g/mol. The Labute approximate surface area is 118 Å². The Bertz CT molecular complexity index is 260. The number of carbonyl (C=O) groups excluding carboxylic acids is 1. The molecule has 0 aromatic heterocycles. The van der Waals surface area contributed by atoms with Gasteiger partial charge in [0.2, 0.25) is 5.91 Å². The fraction of sp³-hybridized carbons (Fsp3) is 0.933. The van der Waals surface area contributed by atoms with Crippen molar-refractivity contribution in [2.45, 2.75) is 64.5 Å². The highest BCUT2D eigenvalue weighted by atomic mass is 16.2. The lowest BCUT2D eigenvalue weighted by atomic mass is 10.0. The molecule has 0 bridgehead atoms. The van der Waals surface area contributed by atoms with E-state index < -0.39 is 0 Å². The predicted molar refractivity (Wildman–Crippen MR) is 80.0 cm³/mol. The number of likely N-dealkylation sites (N-methyl/N-ethyl adjacent to an activating group) is 1. The smallest absolute Gasteiger partial charge is 0.224 e. The lowest BCUT2D eigenvalue weighted by Crippen LogP contribution is -2.47. The highest BCUT2D eigenvalue weighted by molar-refractivity contribution is 5.76. The maximum atomic E-state index is 12.3. The van der Waals surface area contributed by atoms with Gasteiger partial charge in [0, 0.05) is 38.1 Å². The van der Waals surface area contributed by atoms with Crippen LogP contribution in [0.15, 0.2) is 0 Å². The topological polar surface area (TPSA) is 49.6 Å². The SMILES string of the molecule is CCC(CC)N(C)C(CN)CC(=O)N1CCCCC1. The Morgan fingerprint density at radius 1 is 1.16 bits per heavy atom. The van der Waals surface area contributed by atoms with E-state index in [1.807, 2.05) is 4.90 Å². The Morgan fingerprint density at radius 3 is 2.21 bits per heavy atom. The summed E-state index contributed by atoms with van der Waals surface area (Å²) < 4.78 is 0. The molecule has 0 radical (unpaired) electrons. The lowest BCUT2D eigenvalue weighted by Gasteiger charge is -2.35. The third-order valence-electron chi connectivity index (χ3n) is 4.49. The van der Waals surface area contributed by atoms with Crippen LogP contribution in [-0.4, -0.2) is 54.5 Å². The van der Waals surface area contributed by atoms with Gasteiger partial charge in [0.25, 0.3) is 0 Å². The van der Waals surface area contributed by atoms with E-state index in [9.17, 15) is 4.79 Å². The summed E-state index contributed by atoms with van der Waals surface area (Å²) in [6, 6.07) is 0.710. The maximum Gasteiger partial charge on any atom is 0.224 e. The standard InChI is InChI=1S/C15H31N3O/c1-4-13(5-2)17(3)14(12-16)11-15(19)18-9-7-6-8-10-18/h13-14H,4-12,16H2,1-3H3. The van der Waals surface area contributed by atoms with Gasteiger partial charge in [0.15, 0.2) is 0 Å².